The molecule has 0 saturated heterocycles. The molecular formula is C28H55NO. The maximum atomic E-state index is 6.33. The Balaban J connectivity index is 1.53. The Hall–Kier alpha value is -0.0800. The maximum absolute atomic E-state index is 6.33. The van der Waals surface area contributed by atoms with Gasteiger partial charge in [-0.2, -0.15) is 5.06 Å². The van der Waals surface area contributed by atoms with Crippen LogP contribution >= 0.6 is 0 Å². The van der Waals surface area contributed by atoms with Crippen LogP contribution in [0.4, 0.5) is 0 Å². The van der Waals surface area contributed by atoms with Gasteiger partial charge in [0.2, 0.25) is 0 Å². The molecule has 30 heavy (non-hydrogen) atoms. The van der Waals surface area contributed by atoms with Crippen LogP contribution in [0.3, 0.4) is 0 Å². The summed E-state index contributed by atoms with van der Waals surface area (Å²) in [6.45, 7) is 5.60. The number of rotatable bonds is 18. The zero-order chi connectivity index (χ0) is 21.1. The largest absolute Gasteiger partial charge is 0.299 e. The first-order chi connectivity index (χ1) is 14.9. The summed E-state index contributed by atoms with van der Waals surface area (Å²) in [7, 11) is 0. The molecule has 0 atom stereocenters. The summed E-state index contributed by atoms with van der Waals surface area (Å²) in [6.07, 6.45) is 31.4. The van der Waals surface area contributed by atoms with Crippen molar-refractivity contribution in [3.8, 4) is 0 Å². The van der Waals surface area contributed by atoms with Crippen LogP contribution in [0.15, 0.2) is 0 Å². The molecule has 0 bridgehead atoms. The predicted octanol–water partition coefficient (Wildman–Crippen LogP) is 9.08. The summed E-state index contributed by atoms with van der Waals surface area (Å²) in [5.74, 6) is 1.94. The number of hydroxylamine groups is 2. The predicted molar refractivity (Wildman–Crippen MR) is 132 cm³/mol. The lowest BCUT2D eigenvalue weighted by molar-refractivity contribution is -0.165. The van der Waals surface area contributed by atoms with Gasteiger partial charge >= 0.3 is 0 Å². The first-order valence-corrected chi connectivity index (χ1v) is 14.3. The van der Waals surface area contributed by atoms with Gasteiger partial charge < -0.3 is 0 Å². The number of hydrogen-bond donors (Lipinski definition) is 0. The molecule has 0 aromatic rings. The molecule has 0 spiro atoms. The van der Waals surface area contributed by atoms with Gasteiger partial charge in [0.05, 0.1) is 6.61 Å². The van der Waals surface area contributed by atoms with Crippen molar-refractivity contribution >= 4 is 0 Å². The molecule has 0 N–H and O–H groups in total. The molecule has 0 aromatic heterocycles. The highest BCUT2D eigenvalue weighted by Gasteiger charge is 2.18. The average molecular weight is 422 g/mol. The van der Waals surface area contributed by atoms with Crippen LogP contribution in [0.2, 0.25) is 0 Å². The summed E-state index contributed by atoms with van der Waals surface area (Å²) in [5.41, 5.74) is 0. The van der Waals surface area contributed by atoms with E-state index in [2.05, 4.69) is 12.0 Å². The molecule has 0 amide bonds. The minimum atomic E-state index is 0.950. The Bertz CT molecular complexity index is 338. The molecule has 2 aliphatic rings. The quantitative estimate of drug-likeness (QED) is 0.162. The lowest BCUT2D eigenvalue weighted by atomic mass is 9.86. The van der Waals surface area contributed by atoms with Crippen LogP contribution in [0.25, 0.3) is 0 Å². The van der Waals surface area contributed by atoms with Crippen molar-refractivity contribution in [2.24, 2.45) is 11.8 Å². The second-order valence-corrected chi connectivity index (χ2v) is 10.5. The van der Waals surface area contributed by atoms with E-state index >= 15 is 0 Å². The van der Waals surface area contributed by atoms with Gasteiger partial charge in [0, 0.05) is 13.1 Å². The zero-order valence-electron chi connectivity index (χ0n) is 20.7. The van der Waals surface area contributed by atoms with Crippen LogP contribution in [0.5, 0.6) is 0 Å². The van der Waals surface area contributed by atoms with E-state index in [0.29, 0.717) is 0 Å². The summed E-state index contributed by atoms with van der Waals surface area (Å²) < 4.78 is 0. The van der Waals surface area contributed by atoms with E-state index in [9.17, 15) is 0 Å². The highest BCUT2D eigenvalue weighted by Crippen LogP contribution is 2.28. The van der Waals surface area contributed by atoms with Crippen molar-refractivity contribution in [1.29, 1.82) is 0 Å². The number of hydrogen-bond acceptors (Lipinski definition) is 2. The standard InChI is InChI=1S/C28H55NO/c1-2-3-4-5-6-7-8-9-10-17-26-30-29(24-22-27-18-13-11-14-19-27)25-23-28-20-15-12-16-21-28/h27-28H,2-26H2,1H3. The highest BCUT2D eigenvalue weighted by atomic mass is 16.7. The fourth-order valence-corrected chi connectivity index (χ4v) is 5.63. The van der Waals surface area contributed by atoms with E-state index in [1.807, 2.05) is 0 Å². The van der Waals surface area contributed by atoms with E-state index in [0.717, 1.165) is 18.4 Å². The first kappa shape index (κ1) is 26.2. The average Bonchev–Trinajstić information content (AvgIpc) is 2.80. The van der Waals surface area contributed by atoms with Crippen LogP contribution < -0.4 is 0 Å². The molecule has 2 aliphatic carbocycles. The molecule has 0 aromatic carbocycles. The minimum Gasteiger partial charge on any atom is -0.299 e. The van der Waals surface area contributed by atoms with Gasteiger partial charge in [-0.15, -0.1) is 0 Å². The lowest BCUT2D eigenvalue weighted by Crippen LogP contribution is -2.30. The van der Waals surface area contributed by atoms with Crippen molar-refractivity contribution in [3.63, 3.8) is 0 Å². The summed E-state index contributed by atoms with van der Waals surface area (Å²) in [4.78, 5) is 6.33. The molecule has 2 saturated carbocycles. The molecule has 0 heterocycles. The Morgan fingerprint density at radius 3 is 1.47 bits per heavy atom. The van der Waals surface area contributed by atoms with Crippen LogP contribution in [0.1, 0.15) is 148 Å². The third-order valence-corrected chi connectivity index (χ3v) is 7.79. The van der Waals surface area contributed by atoms with Gasteiger partial charge in [0.1, 0.15) is 0 Å². The van der Waals surface area contributed by atoms with Gasteiger partial charge in [-0.05, 0) is 31.1 Å². The maximum Gasteiger partial charge on any atom is 0.0685 e. The fraction of sp³-hybridized carbons (Fsp3) is 1.00. The number of nitrogens with zero attached hydrogens (tertiary/aromatic N) is 1. The Morgan fingerprint density at radius 1 is 0.567 bits per heavy atom. The van der Waals surface area contributed by atoms with E-state index in [4.69, 9.17) is 4.84 Å². The second-order valence-electron chi connectivity index (χ2n) is 10.5. The third-order valence-electron chi connectivity index (χ3n) is 7.79. The van der Waals surface area contributed by atoms with Crippen molar-refractivity contribution in [2.45, 2.75) is 148 Å². The van der Waals surface area contributed by atoms with Crippen LogP contribution in [-0.2, 0) is 4.84 Å². The third kappa shape index (κ3) is 13.4. The molecule has 178 valence electrons. The van der Waals surface area contributed by atoms with Crippen molar-refractivity contribution in [1.82, 2.24) is 5.06 Å². The Kier molecular flexibility index (Phi) is 16.1. The monoisotopic (exact) mass is 421 g/mol. The molecule has 2 heteroatoms. The molecule has 0 unspecified atom stereocenters. The molecule has 0 radical (unpaired) electrons. The summed E-state index contributed by atoms with van der Waals surface area (Å²) in [5, 5.41) is 2.39. The molecule has 2 nitrogen and oxygen atoms in total. The van der Waals surface area contributed by atoms with Gasteiger partial charge in [-0.1, -0.05) is 129 Å². The Morgan fingerprint density at radius 2 is 1.00 bits per heavy atom. The van der Waals surface area contributed by atoms with E-state index in [-0.39, 0.29) is 0 Å². The molecular weight excluding hydrogens is 366 g/mol. The van der Waals surface area contributed by atoms with E-state index < -0.39 is 0 Å². The van der Waals surface area contributed by atoms with Gasteiger partial charge in [0.25, 0.3) is 0 Å². The van der Waals surface area contributed by atoms with Crippen LogP contribution in [-0.4, -0.2) is 24.8 Å². The summed E-state index contributed by atoms with van der Waals surface area (Å²) in [6, 6.07) is 0. The topological polar surface area (TPSA) is 12.5 Å². The normalized spacial score (nSPS) is 19.0. The smallest absolute Gasteiger partial charge is 0.0685 e. The van der Waals surface area contributed by atoms with Gasteiger partial charge in [0.15, 0.2) is 0 Å². The fourth-order valence-electron chi connectivity index (χ4n) is 5.63. The number of unbranched alkanes of at least 4 members (excludes halogenated alkanes) is 9. The molecule has 2 rings (SSSR count). The summed E-state index contributed by atoms with van der Waals surface area (Å²) >= 11 is 0. The Labute approximate surface area is 189 Å². The highest BCUT2D eigenvalue weighted by molar-refractivity contribution is 4.69. The van der Waals surface area contributed by atoms with E-state index in [1.165, 1.54) is 154 Å². The van der Waals surface area contributed by atoms with E-state index in [1.54, 1.807) is 0 Å². The van der Waals surface area contributed by atoms with Crippen molar-refractivity contribution < 1.29 is 4.84 Å². The van der Waals surface area contributed by atoms with Gasteiger partial charge in [-0.3, -0.25) is 4.84 Å². The van der Waals surface area contributed by atoms with Crippen molar-refractivity contribution in [3.05, 3.63) is 0 Å². The molecule has 2 fully saturated rings. The van der Waals surface area contributed by atoms with Gasteiger partial charge in [-0.25, -0.2) is 0 Å². The molecule has 0 aliphatic heterocycles. The van der Waals surface area contributed by atoms with Crippen molar-refractivity contribution in [2.75, 3.05) is 19.7 Å². The first-order valence-electron chi connectivity index (χ1n) is 14.3. The minimum absolute atomic E-state index is 0.950. The SMILES string of the molecule is CCCCCCCCCCCCON(CCC1CCCCC1)CCC1CCCCC1. The van der Waals surface area contributed by atoms with Crippen LogP contribution in [0, 0.1) is 11.8 Å². The zero-order valence-corrected chi connectivity index (χ0v) is 20.7. The second kappa shape index (κ2) is 18.5. The lowest BCUT2D eigenvalue weighted by Gasteiger charge is -2.29.